The molecule has 1 aromatic carbocycles. The maximum absolute atomic E-state index is 10.5. The van der Waals surface area contributed by atoms with Gasteiger partial charge < -0.3 is 4.57 Å². The SMILES string of the molecule is CCn1ccnc1Cc1ccc(C=O)cc1. The van der Waals surface area contributed by atoms with Crippen LogP contribution in [0.4, 0.5) is 0 Å². The molecule has 2 rings (SSSR count). The third kappa shape index (κ3) is 2.19. The number of hydrogen-bond donors (Lipinski definition) is 0. The molecular formula is C13H14N2O. The lowest BCUT2D eigenvalue weighted by atomic mass is 10.1. The molecule has 82 valence electrons. The van der Waals surface area contributed by atoms with Gasteiger partial charge in [-0.2, -0.15) is 0 Å². The Kier molecular flexibility index (Phi) is 3.15. The highest BCUT2D eigenvalue weighted by atomic mass is 16.1. The number of carbonyl (C=O) groups excluding carboxylic acids is 1. The van der Waals surface area contributed by atoms with Crippen molar-refractivity contribution in [3.05, 3.63) is 53.6 Å². The van der Waals surface area contributed by atoms with Crippen molar-refractivity contribution in [3.8, 4) is 0 Å². The zero-order valence-electron chi connectivity index (χ0n) is 9.26. The van der Waals surface area contributed by atoms with E-state index < -0.39 is 0 Å². The van der Waals surface area contributed by atoms with Crippen LogP contribution in [-0.4, -0.2) is 15.8 Å². The summed E-state index contributed by atoms with van der Waals surface area (Å²) in [6, 6.07) is 7.61. The van der Waals surface area contributed by atoms with Gasteiger partial charge in [0.25, 0.3) is 0 Å². The zero-order chi connectivity index (χ0) is 11.4. The third-order valence-electron chi connectivity index (χ3n) is 2.62. The summed E-state index contributed by atoms with van der Waals surface area (Å²) >= 11 is 0. The molecule has 1 aromatic heterocycles. The van der Waals surface area contributed by atoms with Crippen molar-refractivity contribution in [2.24, 2.45) is 0 Å². The summed E-state index contributed by atoms with van der Waals surface area (Å²) in [6.07, 6.45) is 5.46. The average Bonchev–Trinajstić information content (AvgIpc) is 2.77. The van der Waals surface area contributed by atoms with E-state index in [2.05, 4.69) is 16.5 Å². The zero-order valence-corrected chi connectivity index (χ0v) is 9.26. The van der Waals surface area contributed by atoms with Crippen LogP contribution in [0.25, 0.3) is 0 Å². The van der Waals surface area contributed by atoms with Crippen LogP contribution in [0.1, 0.15) is 28.7 Å². The lowest BCUT2D eigenvalue weighted by Crippen LogP contribution is -2.01. The maximum Gasteiger partial charge on any atom is 0.150 e. The van der Waals surface area contributed by atoms with Crippen molar-refractivity contribution in [2.75, 3.05) is 0 Å². The van der Waals surface area contributed by atoms with E-state index in [1.807, 2.05) is 36.7 Å². The number of imidazole rings is 1. The number of nitrogens with zero attached hydrogens (tertiary/aromatic N) is 2. The highest BCUT2D eigenvalue weighted by Gasteiger charge is 2.02. The predicted molar refractivity (Wildman–Crippen MR) is 62.5 cm³/mol. The van der Waals surface area contributed by atoms with E-state index in [0.717, 1.165) is 25.1 Å². The third-order valence-corrected chi connectivity index (χ3v) is 2.62. The largest absolute Gasteiger partial charge is 0.335 e. The van der Waals surface area contributed by atoms with Crippen LogP contribution < -0.4 is 0 Å². The Morgan fingerprint density at radius 1 is 1.31 bits per heavy atom. The van der Waals surface area contributed by atoms with E-state index in [0.29, 0.717) is 5.56 Å². The highest BCUT2D eigenvalue weighted by molar-refractivity contribution is 5.74. The van der Waals surface area contributed by atoms with Crippen LogP contribution in [0.2, 0.25) is 0 Å². The number of carbonyl (C=O) groups is 1. The minimum atomic E-state index is 0.711. The molecule has 0 saturated carbocycles. The van der Waals surface area contributed by atoms with Gasteiger partial charge in [-0.25, -0.2) is 4.98 Å². The molecule has 3 nitrogen and oxygen atoms in total. The van der Waals surface area contributed by atoms with E-state index in [1.165, 1.54) is 5.56 Å². The van der Waals surface area contributed by atoms with Crippen molar-refractivity contribution in [1.82, 2.24) is 9.55 Å². The van der Waals surface area contributed by atoms with Crippen molar-refractivity contribution >= 4 is 6.29 Å². The van der Waals surface area contributed by atoms with E-state index in [9.17, 15) is 4.79 Å². The molecule has 0 saturated heterocycles. The van der Waals surface area contributed by atoms with Gasteiger partial charge in [-0.05, 0) is 12.5 Å². The topological polar surface area (TPSA) is 34.9 Å². The van der Waals surface area contributed by atoms with E-state index >= 15 is 0 Å². The maximum atomic E-state index is 10.5. The van der Waals surface area contributed by atoms with Crippen LogP contribution >= 0.6 is 0 Å². The molecule has 1 heterocycles. The Labute approximate surface area is 94.7 Å². The molecule has 0 amide bonds. The second kappa shape index (κ2) is 4.75. The number of rotatable bonds is 4. The van der Waals surface area contributed by atoms with Gasteiger partial charge in [-0.15, -0.1) is 0 Å². The first-order valence-electron chi connectivity index (χ1n) is 5.37. The van der Waals surface area contributed by atoms with Crippen molar-refractivity contribution in [2.45, 2.75) is 19.9 Å². The minimum Gasteiger partial charge on any atom is -0.335 e. The first kappa shape index (κ1) is 10.6. The number of aryl methyl sites for hydroxylation is 1. The van der Waals surface area contributed by atoms with Crippen molar-refractivity contribution in [3.63, 3.8) is 0 Å². The van der Waals surface area contributed by atoms with Gasteiger partial charge in [0.15, 0.2) is 0 Å². The number of benzene rings is 1. The van der Waals surface area contributed by atoms with E-state index in [1.54, 1.807) is 0 Å². The molecule has 0 atom stereocenters. The monoisotopic (exact) mass is 214 g/mol. The summed E-state index contributed by atoms with van der Waals surface area (Å²) in [5.41, 5.74) is 1.88. The van der Waals surface area contributed by atoms with Gasteiger partial charge >= 0.3 is 0 Å². The van der Waals surface area contributed by atoms with Gasteiger partial charge in [0.2, 0.25) is 0 Å². The second-order valence-electron chi connectivity index (χ2n) is 3.67. The summed E-state index contributed by atoms with van der Waals surface area (Å²) in [5.74, 6) is 1.06. The van der Waals surface area contributed by atoms with Crippen LogP contribution in [0.3, 0.4) is 0 Å². The standard InChI is InChI=1S/C13H14N2O/c1-2-15-8-7-14-13(15)9-11-3-5-12(10-16)6-4-11/h3-8,10H,2,9H2,1H3. The summed E-state index contributed by atoms with van der Waals surface area (Å²) < 4.78 is 2.12. The molecule has 0 aliphatic carbocycles. The minimum absolute atomic E-state index is 0.711. The molecule has 0 spiro atoms. The van der Waals surface area contributed by atoms with Crippen molar-refractivity contribution < 1.29 is 4.79 Å². The fourth-order valence-corrected chi connectivity index (χ4v) is 1.69. The highest BCUT2D eigenvalue weighted by Crippen LogP contribution is 2.09. The molecular weight excluding hydrogens is 200 g/mol. The van der Waals surface area contributed by atoms with E-state index in [-0.39, 0.29) is 0 Å². The number of aldehydes is 1. The van der Waals surface area contributed by atoms with Gasteiger partial charge in [-0.3, -0.25) is 4.79 Å². The second-order valence-corrected chi connectivity index (χ2v) is 3.67. The summed E-state index contributed by atoms with van der Waals surface area (Å²) in [5, 5.41) is 0. The van der Waals surface area contributed by atoms with Gasteiger partial charge in [0.1, 0.15) is 12.1 Å². The summed E-state index contributed by atoms with van der Waals surface area (Å²) in [4.78, 5) is 14.8. The van der Waals surface area contributed by atoms with E-state index in [4.69, 9.17) is 0 Å². The fraction of sp³-hybridized carbons (Fsp3) is 0.231. The number of aromatic nitrogens is 2. The van der Waals surface area contributed by atoms with Gasteiger partial charge in [-0.1, -0.05) is 24.3 Å². The van der Waals surface area contributed by atoms with Gasteiger partial charge in [0.05, 0.1) is 0 Å². The van der Waals surface area contributed by atoms with Crippen LogP contribution in [0, 0.1) is 0 Å². The van der Waals surface area contributed by atoms with Gasteiger partial charge in [0, 0.05) is 30.9 Å². The molecule has 0 N–H and O–H groups in total. The summed E-state index contributed by atoms with van der Waals surface area (Å²) in [7, 11) is 0. The Morgan fingerprint density at radius 2 is 2.06 bits per heavy atom. The molecule has 0 unspecified atom stereocenters. The van der Waals surface area contributed by atoms with Crippen LogP contribution in [0.5, 0.6) is 0 Å². The lowest BCUT2D eigenvalue weighted by molar-refractivity contribution is 0.112. The molecule has 0 aliphatic heterocycles. The molecule has 0 aliphatic rings. The Hall–Kier alpha value is -1.90. The summed E-state index contributed by atoms with van der Waals surface area (Å²) in [6.45, 7) is 3.03. The lowest BCUT2D eigenvalue weighted by Gasteiger charge is -2.04. The van der Waals surface area contributed by atoms with Crippen LogP contribution in [-0.2, 0) is 13.0 Å². The molecule has 0 radical (unpaired) electrons. The van der Waals surface area contributed by atoms with Crippen molar-refractivity contribution in [1.29, 1.82) is 0 Å². The Balaban J connectivity index is 2.17. The first-order valence-corrected chi connectivity index (χ1v) is 5.37. The average molecular weight is 214 g/mol. The molecule has 0 fully saturated rings. The quantitative estimate of drug-likeness (QED) is 0.732. The smallest absolute Gasteiger partial charge is 0.150 e. The van der Waals surface area contributed by atoms with Crippen LogP contribution in [0.15, 0.2) is 36.7 Å². The molecule has 3 heteroatoms. The Morgan fingerprint density at radius 3 is 2.69 bits per heavy atom. The Bertz CT molecular complexity index is 471. The first-order chi connectivity index (χ1) is 7.83. The molecule has 2 aromatic rings. The fourth-order valence-electron chi connectivity index (χ4n) is 1.69. The normalized spacial score (nSPS) is 10.3. The molecule has 0 bridgehead atoms. The number of hydrogen-bond acceptors (Lipinski definition) is 2. The molecule has 16 heavy (non-hydrogen) atoms. The predicted octanol–water partition coefficient (Wildman–Crippen LogP) is 2.31.